The highest BCUT2D eigenvalue weighted by Gasteiger charge is 2.24. The summed E-state index contributed by atoms with van der Waals surface area (Å²) in [6.07, 6.45) is 3.73. The van der Waals surface area contributed by atoms with Crippen molar-refractivity contribution >= 4 is 11.6 Å². The molecule has 1 aromatic carbocycles. The molecule has 1 atom stereocenters. The minimum atomic E-state index is -0.0274. The van der Waals surface area contributed by atoms with E-state index >= 15 is 0 Å². The molecule has 1 aliphatic carbocycles. The van der Waals surface area contributed by atoms with E-state index in [0.717, 1.165) is 12.3 Å². The first-order valence-electron chi connectivity index (χ1n) is 5.81. The molecule has 1 aromatic rings. The molecule has 1 unspecified atom stereocenters. The van der Waals surface area contributed by atoms with Crippen LogP contribution in [0.3, 0.4) is 0 Å². The number of hydrogen-bond donors (Lipinski definition) is 2. The predicted molar refractivity (Wildman–Crippen MR) is 65.1 cm³/mol. The molecule has 1 saturated carbocycles. The first-order chi connectivity index (χ1) is 7.65. The zero-order valence-corrected chi connectivity index (χ0v) is 9.57. The molecule has 0 heterocycles. The summed E-state index contributed by atoms with van der Waals surface area (Å²) in [4.78, 5) is 11.8. The molecule has 1 amide bonds. The molecule has 1 fully saturated rings. The van der Waals surface area contributed by atoms with Gasteiger partial charge in [0.25, 0.3) is 5.91 Å². The van der Waals surface area contributed by atoms with Crippen molar-refractivity contribution < 1.29 is 4.79 Å². The largest absolute Gasteiger partial charge is 0.399 e. The molecule has 3 nitrogen and oxygen atoms in total. The van der Waals surface area contributed by atoms with Crippen LogP contribution in [-0.4, -0.2) is 11.9 Å². The number of carbonyl (C=O) groups is 1. The zero-order chi connectivity index (χ0) is 11.5. The van der Waals surface area contributed by atoms with Crippen LogP contribution in [0.1, 0.15) is 36.5 Å². The molecular weight excluding hydrogens is 200 g/mol. The SMILES string of the molecule is CC(CC1CC1)NC(=O)c1cccc(N)c1. The van der Waals surface area contributed by atoms with Gasteiger partial charge >= 0.3 is 0 Å². The summed E-state index contributed by atoms with van der Waals surface area (Å²) in [5.41, 5.74) is 6.91. The van der Waals surface area contributed by atoms with Gasteiger partial charge in [-0.2, -0.15) is 0 Å². The molecule has 0 bridgehead atoms. The fourth-order valence-corrected chi connectivity index (χ4v) is 1.90. The number of nitrogen functional groups attached to an aromatic ring is 1. The Morgan fingerprint density at radius 3 is 2.94 bits per heavy atom. The monoisotopic (exact) mass is 218 g/mol. The third-order valence-electron chi connectivity index (χ3n) is 2.91. The van der Waals surface area contributed by atoms with Crippen LogP contribution in [0.4, 0.5) is 5.69 Å². The molecule has 0 saturated heterocycles. The van der Waals surface area contributed by atoms with Crippen LogP contribution in [0, 0.1) is 5.92 Å². The highest BCUT2D eigenvalue weighted by molar-refractivity contribution is 5.95. The summed E-state index contributed by atoms with van der Waals surface area (Å²) in [5.74, 6) is 0.802. The smallest absolute Gasteiger partial charge is 0.251 e. The molecule has 2 rings (SSSR count). The second-order valence-electron chi connectivity index (χ2n) is 4.68. The summed E-state index contributed by atoms with van der Waals surface area (Å²) in [5, 5.41) is 3.00. The van der Waals surface area contributed by atoms with E-state index in [2.05, 4.69) is 12.2 Å². The third kappa shape index (κ3) is 2.99. The van der Waals surface area contributed by atoms with Crippen molar-refractivity contribution in [2.24, 2.45) is 5.92 Å². The maximum absolute atomic E-state index is 11.8. The first kappa shape index (κ1) is 11.0. The quantitative estimate of drug-likeness (QED) is 0.761. The number of amides is 1. The van der Waals surface area contributed by atoms with Gasteiger partial charge in [0.15, 0.2) is 0 Å². The highest BCUT2D eigenvalue weighted by Crippen LogP contribution is 2.33. The van der Waals surface area contributed by atoms with E-state index in [4.69, 9.17) is 5.73 Å². The zero-order valence-electron chi connectivity index (χ0n) is 9.57. The van der Waals surface area contributed by atoms with Crippen LogP contribution in [0.15, 0.2) is 24.3 Å². The summed E-state index contributed by atoms with van der Waals surface area (Å²) >= 11 is 0. The highest BCUT2D eigenvalue weighted by atomic mass is 16.1. The fraction of sp³-hybridized carbons (Fsp3) is 0.462. The standard InChI is InChI=1S/C13H18N2O/c1-9(7-10-5-6-10)15-13(16)11-3-2-4-12(14)8-11/h2-4,8-10H,5-7,14H2,1H3,(H,15,16). The molecule has 86 valence electrons. The second kappa shape index (κ2) is 4.56. The molecule has 0 aromatic heterocycles. The van der Waals surface area contributed by atoms with Gasteiger partial charge in [0.2, 0.25) is 0 Å². The van der Waals surface area contributed by atoms with Crippen LogP contribution in [0.2, 0.25) is 0 Å². The number of anilines is 1. The minimum Gasteiger partial charge on any atom is -0.399 e. The number of rotatable bonds is 4. The van der Waals surface area contributed by atoms with E-state index in [1.165, 1.54) is 12.8 Å². The Bertz CT molecular complexity index is 385. The van der Waals surface area contributed by atoms with Crippen LogP contribution in [0.5, 0.6) is 0 Å². The number of carbonyl (C=O) groups excluding carboxylic acids is 1. The van der Waals surface area contributed by atoms with E-state index in [1.807, 2.05) is 0 Å². The maximum Gasteiger partial charge on any atom is 0.251 e. The lowest BCUT2D eigenvalue weighted by molar-refractivity contribution is 0.0937. The lowest BCUT2D eigenvalue weighted by Gasteiger charge is -2.13. The fourth-order valence-electron chi connectivity index (χ4n) is 1.90. The Hall–Kier alpha value is -1.51. The Kier molecular flexibility index (Phi) is 3.13. The lowest BCUT2D eigenvalue weighted by atomic mass is 10.1. The lowest BCUT2D eigenvalue weighted by Crippen LogP contribution is -2.32. The molecular formula is C13H18N2O. The van der Waals surface area contributed by atoms with Gasteiger partial charge in [-0.05, 0) is 37.5 Å². The molecule has 0 aliphatic heterocycles. The first-order valence-corrected chi connectivity index (χ1v) is 5.81. The Labute approximate surface area is 96.0 Å². The average Bonchev–Trinajstić information content (AvgIpc) is 3.01. The van der Waals surface area contributed by atoms with Gasteiger partial charge in [0.1, 0.15) is 0 Å². The predicted octanol–water partition coefficient (Wildman–Crippen LogP) is 2.19. The van der Waals surface area contributed by atoms with Crippen molar-refractivity contribution in [2.45, 2.75) is 32.2 Å². The Morgan fingerprint density at radius 1 is 1.56 bits per heavy atom. The molecule has 3 heteroatoms. The number of nitrogens with one attached hydrogen (secondary N) is 1. The third-order valence-corrected chi connectivity index (χ3v) is 2.91. The van der Waals surface area contributed by atoms with Crippen LogP contribution in [0.25, 0.3) is 0 Å². The van der Waals surface area contributed by atoms with Crippen molar-refractivity contribution in [3.05, 3.63) is 29.8 Å². The molecule has 1 aliphatic rings. The molecule has 3 N–H and O–H groups in total. The molecule has 16 heavy (non-hydrogen) atoms. The van der Waals surface area contributed by atoms with E-state index < -0.39 is 0 Å². The van der Waals surface area contributed by atoms with Gasteiger partial charge in [-0.1, -0.05) is 18.9 Å². The van der Waals surface area contributed by atoms with E-state index in [1.54, 1.807) is 24.3 Å². The summed E-state index contributed by atoms with van der Waals surface area (Å²) in [6.45, 7) is 2.06. The van der Waals surface area contributed by atoms with Crippen molar-refractivity contribution in [1.82, 2.24) is 5.32 Å². The van der Waals surface area contributed by atoms with Crippen LogP contribution >= 0.6 is 0 Å². The average molecular weight is 218 g/mol. The maximum atomic E-state index is 11.8. The second-order valence-corrected chi connectivity index (χ2v) is 4.68. The topological polar surface area (TPSA) is 55.1 Å². The Balaban J connectivity index is 1.91. The Morgan fingerprint density at radius 2 is 2.31 bits per heavy atom. The van der Waals surface area contributed by atoms with Crippen molar-refractivity contribution in [3.63, 3.8) is 0 Å². The van der Waals surface area contributed by atoms with Gasteiger partial charge in [-0.15, -0.1) is 0 Å². The van der Waals surface area contributed by atoms with Gasteiger partial charge in [-0.3, -0.25) is 4.79 Å². The summed E-state index contributed by atoms with van der Waals surface area (Å²) in [6, 6.07) is 7.33. The van der Waals surface area contributed by atoms with Crippen molar-refractivity contribution in [3.8, 4) is 0 Å². The number of hydrogen-bond acceptors (Lipinski definition) is 2. The molecule has 0 radical (unpaired) electrons. The van der Waals surface area contributed by atoms with Gasteiger partial charge in [0.05, 0.1) is 0 Å². The summed E-state index contributed by atoms with van der Waals surface area (Å²) < 4.78 is 0. The van der Waals surface area contributed by atoms with E-state index in [0.29, 0.717) is 11.3 Å². The van der Waals surface area contributed by atoms with Crippen LogP contribution in [-0.2, 0) is 0 Å². The number of nitrogens with two attached hydrogens (primary N) is 1. The van der Waals surface area contributed by atoms with Gasteiger partial charge in [0, 0.05) is 17.3 Å². The summed E-state index contributed by atoms with van der Waals surface area (Å²) in [7, 11) is 0. The minimum absolute atomic E-state index is 0.0274. The molecule has 0 spiro atoms. The van der Waals surface area contributed by atoms with Crippen molar-refractivity contribution in [2.75, 3.05) is 5.73 Å². The van der Waals surface area contributed by atoms with Gasteiger partial charge < -0.3 is 11.1 Å². The van der Waals surface area contributed by atoms with Crippen molar-refractivity contribution in [1.29, 1.82) is 0 Å². The normalized spacial score (nSPS) is 16.8. The number of benzene rings is 1. The van der Waals surface area contributed by atoms with E-state index in [-0.39, 0.29) is 11.9 Å². The van der Waals surface area contributed by atoms with Gasteiger partial charge in [-0.25, -0.2) is 0 Å². The van der Waals surface area contributed by atoms with Crippen LogP contribution < -0.4 is 11.1 Å². The van der Waals surface area contributed by atoms with E-state index in [9.17, 15) is 4.79 Å².